The SMILES string of the molecule is CCOc1ccc(N2CCCCS2(=O)=O)cc1S(=O)(=O)Nc1ccc(N2CCCC2)cc1. The van der Waals surface area contributed by atoms with Gasteiger partial charge >= 0.3 is 0 Å². The van der Waals surface area contributed by atoms with Gasteiger partial charge in [-0.25, -0.2) is 16.8 Å². The summed E-state index contributed by atoms with van der Waals surface area (Å²) >= 11 is 0. The second-order valence-corrected chi connectivity index (χ2v) is 11.7. The predicted molar refractivity (Wildman–Crippen MR) is 127 cm³/mol. The zero-order chi connectivity index (χ0) is 22.8. The van der Waals surface area contributed by atoms with Gasteiger partial charge < -0.3 is 9.64 Å². The minimum atomic E-state index is -4.01. The largest absolute Gasteiger partial charge is 0.492 e. The minimum Gasteiger partial charge on any atom is -0.492 e. The van der Waals surface area contributed by atoms with Gasteiger partial charge in [-0.2, -0.15) is 0 Å². The smallest absolute Gasteiger partial charge is 0.265 e. The fraction of sp³-hybridized carbons (Fsp3) is 0.455. The Balaban J connectivity index is 1.63. The number of rotatable bonds is 7. The van der Waals surface area contributed by atoms with Crippen LogP contribution in [0.25, 0.3) is 0 Å². The fourth-order valence-electron chi connectivity index (χ4n) is 4.14. The first-order chi connectivity index (χ1) is 15.3. The fourth-order valence-corrected chi connectivity index (χ4v) is 7.00. The molecule has 2 aliphatic heterocycles. The Morgan fingerprint density at radius 2 is 1.59 bits per heavy atom. The first-order valence-corrected chi connectivity index (χ1v) is 14.0. The molecule has 2 aromatic carbocycles. The molecule has 0 saturated carbocycles. The summed E-state index contributed by atoms with van der Waals surface area (Å²) in [6.45, 7) is 4.41. The highest BCUT2D eigenvalue weighted by Crippen LogP contribution is 2.33. The summed E-state index contributed by atoms with van der Waals surface area (Å²) in [5.74, 6) is 0.246. The molecule has 4 rings (SSSR count). The van der Waals surface area contributed by atoms with Gasteiger partial charge in [-0.15, -0.1) is 0 Å². The molecule has 2 aromatic rings. The zero-order valence-electron chi connectivity index (χ0n) is 18.2. The predicted octanol–water partition coefficient (Wildman–Crippen LogP) is 3.42. The van der Waals surface area contributed by atoms with Gasteiger partial charge in [0.05, 0.1) is 18.0 Å². The molecule has 0 radical (unpaired) electrons. The normalized spacial score (nSPS) is 18.5. The van der Waals surface area contributed by atoms with Crippen LogP contribution in [0.5, 0.6) is 5.75 Å². The van der Waals surface area contributed by atoms with Crippen molar-refractivity contribution in [2.75, 3.05) is 45.9 Å². The van der Waals surface area contributed by atoms with E-state index in [4.69, 9.17) is 4.74 Å². The van der Waals surface area contributed by atoms with Gasteiger partial charge in [0.15, 0.2) is 0 Å². The molecule has 0 spiro atoms. The van der Waals surface area contributed by atoms with E-state index in [1.54, 1.807) is 25.1 Å². The van der Waals surface area contributed by atoms with E-state index in [0.29, 0.717) is 24.3 Å². The third-order valence-corrected chi connectivity index (χ3v) is 9.02. The van der Waals surface area contributed by atoms with Crippen LogP contribution in [-0.2, 0) is 20.0 Å². The summed E-state index contributed by atoms with van der Waals surface area (Å²) in [5.41, 5.74) is 1.84. The van der Waals surface area contributed by atoms with Crippen LogP contribution in [0.2, 0.25) is 0 Å². The van der Waals surface area contributed by atoms with Crippen molar-refractivity contribution in [2.45, 2.75) is 37.5 Å². The average Bonchev–Trinajstić information content (AvgIpc) is 3.29. The number of nitrogens with zero attached hydrogens (tertiary/aromatic N) is 2. The standard InChI is InChI=1S/C22H29N3O5S2/c1-2-30-21-12-11-20(25-15-5-6-16-31(25,26)27)17-22(21)32(28,29)23-18-7-9-19(10-8-18)24-13-3-4-14-24/h7-12,17,23H,2-6,13-16H2,1H3. The molecule has 8 nitrogen and oxygen atoms in total. The van der Waals surface area contributed by atoms with E-state index in [9.17, 15) is 16.8 Å². The summed E-state index contributed by atoms with van der Waals surface area (Å²) in [5, 5.41) is 0. The second kappa shape index (κ2) is 9.19. The van der Waals surface area contributed by atoms with Crippen LogP contribution in [-0.4, -0.2) is 48.8 Å². The van der Waals surface area contributed by atoms with E-state index in [-0.39, 0.29) is 23.0 Å². The molecule has 0 aromatic heterocycles. The lowest BCUT2D eigenvalue weighted by Crippen LogP contribution is -2.37. The molecular weight excluding hydrogens is 450 g/mol. The molecule has 174 valence electrons. The average molecular weight is 480 g/mol. The molecule has 0 atom stereocenters. The highest BCUT2D eigenvalue weighted by molar-refractivity contribution is 7.93. The Labute approximate surface area is 190 Å². The van der Waals surface area contributed by atoms with E-state index in [0.717, 1.165) is 38.0 Å². The molecule has 0 amide bonds. The van der Waals surface area contributed by atoms with Crippen molar-refractivity contribution in [3.8, 4) is 5.75 Å². The van der Waals surface area contributed by atoms with Crippen molar-refractivity contribution < 1.29 is 21.6 Å². The van der Waals surface area contributed by atoms with Gasteiger partial charge in [0, 0.05) is 31.0 Å². The summed E-state index contributed by atoms with van der Waals surface area (Å²) in [7, 11) is -7.47. The maximum absolute atomic E-state index is 13.3. The van der Waals surface area contributed by atoms with Crippen molar-refractivity contribution in [1.82, 2.24) is 0 Å². The maximum Gasteiger partial charge on any atom is 0.265 e. The second-order valence-electron chi connectivity index (χ2n) is 8.01. The van der Waals surface area contributed by atoms with Crippen molar-refractivity contribution >= 4 is 37.1 Å². The summed E-state index contributed by atoms with van der Waals surface area (Å²) < 4.78 is 61.0. The number of nitrogens with one attached hydrogen (secondary N) is 1. The van der Waals surface area contributed by atoms with Crippen molar-refractivity contribution in [3.05, 3.63) is 42.5 Å². The monoisotopic (exact) mass is 479 g/mol. The van der Waals surface area contributed by atoms with Crippen LogP contribution in [0.4, 0.5) is 17.1 Å². The molecule has 2 fully saturated rings. The molecule has 0 unspecified atom stereocenters. The number of ether oxygens (including phenoxy) is 1. The Hall–Kier alpha value is -2.46. The zero-order valence-corrected chi connectivity index (χ0v) is 19.8. The Morgan fingerprint density at radius 1 is 0.938 bits per heavy atom. The highest BCUT2D eigenvalue weighted by Gasteiger charge is 2.29. The minimum absolute atomic E-state index is 0.0594. The Kier molecular flexibility index (Phi) is 6.52. The molecule has 2 aliphatic rings. The molecular formula is C22H29N3O5S2. The van der Waals surface area contributed by atoms with Crippen LogP contribution in [0.3, 0.4) is 0 Å². The molecule has 0 aliphatic carbocycles. The van der Waals surface area contributed by atoms with Gasteiger partial charge in [-0.05, 0) is 75.1 Å². The van der Waals surface area contributed by atoms with Crippen molar-refractivity contribution in [2.24, 2.45) is 0 Å². The van der Waals surface area contributed by atoms with Crippen LogP contribution < -0.4 is 18.7 Å². The molecule has 0 bridgehead atoms. The number of sulfonamides is 2. The van der Waals surface area contributed by atoms with Crippen molar-refractivity contribution in [3.63, 3.8) is 0 Å². The highest BCUT2D eigenvalue weighted by atomic mass is 32.2. The van der Waals surface area contributed by atoms with Crippen LogP contribution >= 0.6 is 0 Å². The van der Waals surface area contributed by atoms with Crippen LogP contribution in [0.15, 0.2) is 47.4 Å². The van der Waals surface area contributed by atoms with Crippen LogP contribution in [0.1, 0.15) is 32.6 Å². The van der Waals surface area contributed by atoms with E-state index >= 15 is 0 Å². The lowest BCUT2D eigenvalue weighted by Gasteiger charge is -2.29. The number of anilines is 3. The third kappa shape index (κ3) is 4.80. The summed E-state index contributed by atoms with van der Waals surface area (Å²) in [6.07, 6.45) is 3.67. The van der Waals surface area contributed by atoms with Gasteiger partial charge in [0.1, 0.15) is 10.6 Å². The number of hydrogen-bond donors (Lipinski definition) is 1. The molecule has 2 saturated heterocycles. The van der Waals surface area contributed by atoms with E-state index in [2.05, 4.69) is 9.62 Å². The topological polar surface area (TPSA) is 96.0 Å². The first kappa shape index (κ1) is 22.7. The Morgan fingerprint density at radius 3 is 2.25 bits per heavy atom. The maximum atomic E-state index is 13.3. The molecule has 2 heterocycles. The van der Waals surface area contributed by atoms with Gasteiger partial charge in [-0.1, -0.05) is 0 Å². The summed E-state index contributed by atoms with van der Waals surface area (Å²) in [4.78, 5) is 2.19. The lowest BCUT2D eigenvalue weighted by atomic mass is 10.2. The Bertz CT molecular complexity index is 1160. The molecule has 10 heteroatoms. The first-order valence-electron chi connectivity index (χ1n) is 11.0. The number of hydrogen-bond acceptors (Lipinski definition) is 6. The third-order valence-electron chi connectivity index (χ3n) is 5.74. The van der Waals surface area contributed by atoms with Crippen LogP contribution in [0, 0.1) is 0 Å². The van der Waals surface area contributed by atoms with E-state index in [1.807, 2.05) is 12.1 Å². The van der Waals surface area contributed by atoms with E-state index in [1.165, 1.54) is 16.4 Å². The van der Waals surface area contributed by atoms with Gasteiger partial charge in [0.25, 0.3) is 10.0 Å². The molecule has 32 heavy (non-hydrogen) atoms. The quantitative estimate of drug-likeness (QED) is 0.654. The summed E-state index contributed by atoms with van der Waals surface area (Å²) in [6, 6.07) is 11.8. The number of benzene rings is 2. The van der Waals surface area contributed by atoms with E-state index < -0.39 is 20.0 Å². The van der Waals surface area contributed by atoms with Crippen molar-refractivity contribution in [1.29, 1.82) is 0 Å². The lowest BCUT2D eigenvalue weighted by molar-refractivity contribution is 0.331. The van der Waals surface area contributed by atoms with Gasteiger partial charge in [0.2, 0.25) is 10.0 Å². The molecule has 1 N–H and O–H groups in total. The van der Waals surface area contributed by atoms with Gasteiger partial charge in [-0.3, -0.25) is 9.03 Å².